The minimum Gasteiger partial charge on any atom is -0.494 e. The first-order valence-electron chi connectivity index (χ1n) is 13.0. The molecule has 0 N–H and O–H groups in total. The standard InChI is InChI=1S/C30H40O6/c1-3-5-6-7-8-9-10-11-20-33-27-15-17-28(18-16-27)35-23-26(31)24-36-29-14-12-13-25(21-29)22-30(32)34-19-4-2/h4,12-18,21H,2-3,5-11,19-20,22-24H2,1H3. The second-order valence-electron chi connectivity index (χ2n) is 8.71. The Bertz CT molecular complexity index is 906. The average Bonchev–Trinajstić information content (AvgIpc) is 2.89. The van der Waals surface area contributed by atoms with Crippen LogP contribution >= 0.6 is 0 Å². The molecule has 6 nitrogen and oxygen atoms in total. The van der Waals surface area contributed by atoms with E-state index in [1.54, 1.807) is 36.4 Å². The van der Waals surface area contributed by atoms with E-state index in [1.807, 2.05) is 12.1 Å². The van der Waals surface area contributed by atoms with E-state index in [4.69, 9.17) is 18.9 Å². The number of unbranched alkanes of at least 4 members (excludes halogenated alkanes) is 7. The van der Waals surface area contributed by atoms with E-state index < -0.39 is 0 Å². The topological polar surface area (TPSA) is 71.1 Å². The van der Waals surface area contributed by atoms with Gasteiger partial charge in [0, 0.05) is 0 Å². The molecule has 0 saturated heterocycles. The molecule has 0 radical (unpaired) electrons. The summed E-state index contributed by atoms with van der Waals surface area (Å²) in [5.74, 6) is 1.37. The minimum absolute atomic E-state index is 0.0912. The Morgan fingerprint density at radius 3 is 2.06 bits per heavy atom. The van der Waals surface area contributed by atoms with Gasteiger partial charge in [0.25, 0.3) is 0 Å². The fourth-order valence-corrected chi connectivity index (χ4v) is 3.54. The summed E-state index contributed by atoms with van der Waals surface area (Å²) in [5.41, 5.74) is 0.745. The van der Waals surface area contributed by atoms with Crippen molar-refractivity contribution < 1.29 is 28.5 Å². The van der Waals surface area contributed by atoms with Crippen LogP contribution in [0.4, 0.5) is 0 Å². The molecule has 0 heterocycles. The van der Waals surface area contributed by atoms with Crippen molar-refractivity contribution in [1.29, 1.82) is 0 Å². The quantitative estimate of drug-likeness (QED) is 0.118. The lowest BCUT2D eigenvalue weighted by Crippen LogP contribution is -2.19. The molecule has 0 amide bonds. The highest BCUT2D eigenvalue weighted by atomic mass is 16.5. The van der Waals surface area contributed by atoms with Gasteiger partial charge in [-0.1, -0.05) is 76.7 Å². The fourth-order valence-electron chi connectivity index (χ4n) is 3.54. The summed E-state index contributed by atoms with van der Waals surface area (Å²) in [4.78, 5) is 23.9. The first kappa shape index (κ1) is 29.0. The number of rotatable bonds is 20. The largest absolute Gasteiger partial charge is 0.494 e. The van der Waals surface area contributed by atoms with Gasteiger partial charge in [-0.15, -0.1) is 0 Å². The molecule has 0 aliphatic heterocycles. The van der Waals surface area contributed by atoms with Crippen molar-refractivity contribution in [3.63, 3.8) is 0 Å². The molecule has 0 bridgehead atoms. The van der Waals surface area contributed by atoms with E-state index >= 15 is 0 Å². The maximum absolute atomic E-state index is 12.2. The second-order valence-corrected chi connectivity index (χ2v) is 8.71. The monoisotopic (exact) mass is 496 g/mol. The average molecular weight is 497 g/mol. The van der Waals surface area contributed by atoms with Gasteiger partial charge in [0.05, 0.1) is 13.0 Å². The third kappa shape index (κ3) is 13.0. The molecule has 196 valence electrons. The Kier molecular flexibility index (Phi) is 14.5. The van der Waals surface area contributed by atoms with Crippen LogP contribution in [0.5, 0.6) is 17.2 Å². The molecule has 2 aromatic carbocycles. The van der Waals surface area contributed by atoms with E-state index in [0.717, 1.165) is 17.7 Å². The van der Waals surface area contributed by atoms with Crippen molar-refractivity contribution in [3.05, 3.63) is 66.7 Å². The van der Waals surface area contributed by atoms with Gasteiger partial charge in [-0.3, -0.25) is 9.59 Å². The van der Waals surface area contributed by atoms with Crippen molar-refractivity contribution in [2.24, 2.45) is 0 Å². The number of ketones is 1. The molecule has 0 spiro atoms. The molecule has 2 aromatic rings. The number of benzene rings is 2. The zero-order chi connectivity index (χ0) is 25.8. The fraction of sp³-hybridized carbons (Fsp3) is 0.467. The van der Waals surface area contributed by atoms with E-state index in [9.17, 15) is 9.59 Å². The van der Waals surface area contributed by atoms with E-state index in [2.05, 4.69) is 13.5 Å². The van der Waals surface area contributed by atoms with Gasteiger partial charge in [-0.05, 0) is 48.4 Å². The summed E-state index contributed by atoms with van der Waals surface area (Å²) in [5, 5.41) is 0. The predicted molar refractivity (Wildman–Crippen MR) is 142 cm³/mol. The second kappa shape index (κ2) is 18.1. The summed E-state index contributed by atoms with van der Waals surface area (Å²) >= 11 is 0. The number of hydrogen-bond donors (Lipinski definition) is 0. The highest BCUT2D eigenvalue weighted by Crippen LogP contribution is 2.19. The molecule has 6 heteroatoms. The molecule has 0 aliphatic carbocycles. The van der Waals surface area contributed by atoms with E-state index in [-0.39, 0.29) is 38.0 Å². The van der Waals surface area contributed by atoms with Crippen LogP contribution in [0.1, 0.15) is 63.9 Å². The third-order valence-corrected chi connectivity index (χ3v) is 5.50. The Morgan fingerprint density at radius 2 is 1.39 bits per heavy atom. The molecule has 0 aliphatic rings. The molecule has 0 saturated carbocycles. The normalized spacial score (nSPS) is 10.5. The highest BCUT2D eigenvalue weighted by Gasteiger charge is 2.08. The van der Waals surface area contributed by atoms with Crippen molar-refractivity contribution in [1.82, 2.24) is 0 Å². The van der Waals surface area contributed by atoms with E-state index in [1.165, 1.54) is 51.0 Å². The Labute approximate surface area is 215 Å². The molecular formula is C30H40O6. The smallest absolute Gasteiger partial charge is 0.310 e. The Hall–Kier alpha value is -3.28. The number of Topliss-reactive ketones (excluding diaryl/α,β-unsaturated/α-hetero) is 1. The van der Waals surface area contributed by atoms with Crippen LogP contribution in [-0.4, -0.2) is 38.2 Å². The van der Waals surface area contributed by atoms with Crippen LogP contribution < -0.4 is 14.2 Å². The number of carbonyl (C=O) groups excluding carboxylic acids is 2. The lowest BCUT2D eigenvalue weighted by molar-refractivity contribution is -0.141. The SMILES string of the molecule is C=CCOC(=O)Cc1cccc(OCC(=O)COc2ccc(OCCCCCCCCCC)cc2)c1. The van der Waals surface area contributed by atoms with Gasteiger partial charge < -0.3 is 18.9 Å². The van der Waals surface area contributed by atoms with Gasteiger partial charge in [-0.25, -0.2) is 0 Å². The van der Waals surface area contributed by atoms with Gasteiger partial charge in [0.15, 0.2) is 0 Å². The number of hydrogen-bond acceptors (Lipinski definition) is 6. The maximum Gasteiger partial charge on any atom is 0.310 e. The minimum atomic E-state index is -0.346. The van der Waals surface area contributed by atoms with Gasteiger partial charge in [0.2, 0.25) is 5.78 Å². The molecule has 2 rings (SSSR count). The van der Waals surface area contributed by atoms with Gasteiger partial charge in [0.1, 0.15) is 37.1 Å². The van der Waals surface area contributed by atoms with Gasteiger partial charge in [-0.2, -0.15) is 0 Å². The first-order valence-corrected chi connectivity index (χ1v) is 13.0. The Balaban J connectivity index is 1.60. The van der Waals surface area contributed by atoms with Gasteiger partial charge >= 0.3 is 5.97 Å². The van der Waals surface area contributed by atoms with Crippen LogP contribution in [0.15, 0.2) is 61.2 Å². The summed E-state index contributed by atoms with van der Waals surface area (Å²) in [6.45, 7) is 6.43. The number of ether oxygens (including phenoxy) is 4. The van der Waals surface area contributed by atoms with Crippen molar-refractivity contribution in [2.75, 3.05) is 26.4 Å². The molecule has 0 aromatic heterocycles. The van der Waals surface area contributed by atoms with Crippen LogP contribution in [0, 0.1) is 0 Å². The molecule has 0 atom stereocenters. The lowest BCUT2D eigenvalue weighted by atomic mass is 10.1. The maximum atomic E-state index is 12.2. The molecule has 36 heavy (non-hydrogen) atoms. The van der Waals surface area contributed by atoms with Crippen molar-refractivity contribution in [2.45, 2.75) is 64.7 Å². The van der Waals surface area contributed by atoms with E-state index in [0.29, 0.717) is 18.1 Å². The highest BCUT2D eigenvalue weighted by molar-refractivity contribution is 5.81. The predicted octanol–water partition coefficient (Wildman–Crippen LogP) is 6.50. The zero-order valence-corrected chi connectivity index (χ0v) is 21.5. The van der Waals surface area contributed by atoms with Crippen LogP contribution in [0.25, 0.3) is 0 Å². The lowest BCUT2D eigenvalue weighted by Gasteiger charge is -2.10. The summed E-state index contributed by atoms with van der Waals surface area (Å²) in [7, 11) is 0. The van der Waals surface area contributed by atoms with Crippen LogP contribution in [-0.2, 0) is 20.7 Å². The number of carbonyl (C=O) groups is 2. The molecular weight excluding hydrogens is 456 g/mol. The third-order valence-electron chi connectivity index (χ3n) is 5.50. The number of esters is 1. The molecule has 0 fully saturated rings. The van der Waals surface area contributed by atoms with Crippen molar-refractivity contribution in [3.8, 4) is 17.2 Å². The Morgan fingerprint density at radius 1 is 0.778 bits per heavy atom. The summed E-state index contributed by atoms with van der Waals surface area (Å²) in [6.07, 6.45) is 11.8. The summed E-state index contributed by atoms with van der Waals surface area (Å²) < 4.78 is 21.9. The van der Waals surface area contributed by atoms with Crippen LogP contribution in [0.3, 0.4) is 0 Å². The first-order chi connectivity index (χ1) is 17.6. The molecule has 0 unspecified atom stereocenters. The van der Waals surface area contributed by atoms with Crippen molar-refractivity contribution >= 4 is 11.8 Å². The summed E-state index contributed by atoms with van der Waals surface area (Å²) in [6, 6.07) is 14.3. The van der Waals surface area contributed by atoms with Crippen LogP contribution in [0.2, 0.25) is 0 Å². The zero-order valence-electron chi connectivity index (χ0n) is 21.5.